The van der Waals surface area contributed by atoms with Crippen LogP contribution in [0.3, 0.4) is 0 Å². The molecule has 0 bridgehead atoms. The normalized spacial score (nSPS) is 13.8. The van der Waals surface area contributed by atoms with Gasteiger partial charge < -0.3 is 10.1 Å². The number of benzene rings is 1. The van der Waals surface area contributed by atoms with Gasteiger partial charge in [0.2, 0.25) is 5.88 Å². The molecule has 0 fully saturated rings. The molecule has 0 unspecified atom stereocenters. The number of ether oxygens (including phenoxy) is 1. The molecule has 0 spiro atoms. The zero-order valence-electron chi connectivity index (χ0n) is 11.7. The highest BCUT2D eigenvalue weighted by atomic mass is 16.5. The third-order valence-electron chi connectivity index (χ3n) is 3.56. The van der Waals surface area contributed by atoms with Gasteiger partial charge in [0.15, 0.2) is 0 Å². The monoisotopic (exact) mass is 269 g/mol. The number of aromatic nitrogens is 2. The molecule has 0 amide bonds. The number of nitrogens with one attached hydrogen (secondary N) is 1. The van der Waals surface area contributed by atoms with Gasteiger partial charge in [-0.05, 0) is 56.0 Å². The molecule has 3 rings (SSSR count). The average Bonchev–Trinajstić information content (AvgIpc) is 2.48. The van der Waals surface area contributed by atoms with Crippen LogP contribution >= 0.6 is 0 Å². The molecule has 0 aliphatic heterocycles. The van der Waals surface area contributed by atoms with E-state index < -0.39 is 0 Å². The highest BCUT2D eigenvalue weighted by molar-refractivity contribution is 5.38. The third kappa shape index (κ3) is 2.96. The molecule has 0 radical (unpaired) electrons. The fraction of sp³-hybridized carbons (Fsp3) is 0.375. The first kappa shape index (κ1) is 13.1. The van der Waals surface area contributed by atoms with Crippen molar-refractivity contribution in [2.24, 2.45) is 0 Å². The number of rotatable bonds is 4. The maximum absolute atomic E-state index is 5.83. The molecule has 4 nitrogen and oxygen atoms in total. The van der Waals surface area contributed by atoms with Gasteiger partial charge in [0, 0.05) is 12.7 Å². The minimum atomic E-state index is 0.550. The lowest BCUT2D eigenvalue weighted by Gasteiger charge is -2.16. The molecule has 1 aliphatic carbocycles. The van der Waals surface area contributed by atoms with Crippen molar-refractivity contribution in [3.05, 3.63) is 47.4 Å². The van der Waals surface area contributed by atoms with Crippen molar-refractivity contribution in [1.82, 2.24) is 15.3 Å². The minimum absolute atomic E-state index is 0.550. The van der Waals surface area contributed by atoms with E-state index >= 15 is 0 Å². The highest BCUT2D eigenvalue weighted by Crippen LogP contribution is 2.27. The maximum Gasteiger partial charge on any atom is 0.238 e. The zero-order chi connectivity index (χ0) is 13.8. The summed E-state index contributed by atoms with van der Waals surface area (Å²) in [5.41, 5.74) is 3.75. The van der Waals surface area contributed by atoms with Crippen LogP contribution in [0.4, 0.5) is 0 Å². The Morgan fingerprint density at radius 3 is 2.85 bits per heavy atom. The van der Waals surface area contributed by atoms with Crippen LogP contribution in [0.15, 0.2) is 30.6 Å². The fourth-order valence-electron chi connectivity index (χ4n) is 2.60. The number of hydrogen-bond acceptors (Lipinski definition) is 4. The Hall–Kier alpha value is -1.94. The van der Waals surface area contributed by atoms with E-state index in [2.05, 4.69) is 27.4 Å². The zero-order valence-corrected chi connectivity index (χ0v) is 11.7. The van der Waals surface area contributed by atoms with Crippen molar-refractivity contribution < 1.29 is 4.74 Å². The van der Waals surface area contributed by atoms with E-state index in [1.165, 1.54) is 30.4 Å². The van der Waals surface area contributed by atoms with Crippen LogP contribution in [-0.4, -0.2) is 17.0 Å². The Kier molecular flexibility index (Phi) is 3.92. The number of fused-ring (bicyclic) bond motifs is 1. The Bertz CT molecular complexity index is 598. The van der Waals surface area contributed by atoms with E-state index in [4.69, 9.17) is 4.74 Å². The molecule has 104 valence electrons. The van der Waals surface area contributed by atoms with Gasteiger partial charge in [0.1, 0.15) is 5.75 Å². The summed E-state index contributed by atoms with van der Waals surface area (Å²) in [6.45, 7) is 0.689. The summed E-state index contributed by atoms with van der Waals surface area (Å²) in [5.74, 6) is 1.40. The van der Waals surface area contributed by atoms with Crippen molar-refractivity contribution in [2.75, 3.05) is 7.05 Å². The van der Waals surface area contributed by atoms with Crippen molar-refractivity contribution in [1.29, 1.82) is 0 Å². The van der Waals surface area contributed by atoms with E-state index in [1.54, 1.807) is 12.4 Å². The van der Waals surface area contributed by atoms with Crippen LogP contribution in [0.2, 0.25) is 0 Å². The van der Waals surface area contributed by atoms with Gasteiger partial charge in [0.05, 0.1) is 11.9 Å². The molecular weight excluding hydrogens is 250 g/mol. The number of nitrogens with zero attached hydrogens (tertiary/aromatic N) is 2. The maximum atomic E-state index is 5.83. The second-order valence-corrected chi connectivity index (χ2v) is 5.12. The number of aryl methyl sites for hydroxylation is 2. The molecule has 4 heteroatoms. The molecule has 2 aromatic rings. The second kappa shape index (κ2) is 6.01. The molecule has 1 heterocycles. The van der Waals surface area contributed by atoms with E-state index in [1.807, 2.05) is 13.1 Å². The molecule has 20 heavy (non-hydrogen) atoms. The molecule has 1 aliphatic rings. The highest BCUT2D eigenvalue weighted by Gasteiger charge is 2.10. The Labute approximate surface area is 119 Å². The predicted molar refractivity (Wildman–Crippen MR) is 78.0 cm³/mol. The molecule has 1 aromatic carbocycles. The Balaban J connectivity index is 1.78. The molecule has 0 atom stereocenters. The molecule has 1 aromatic heterocycles. The van der Waals surface area contributed by atoms with Crippen LogP contribution < -0.4 is 10.1 Å². The van der Waals surface area contributed by atoms with Crippen LogP contribution in [0.25, 0.3) is 0 Å². The largest absolute Gasteiger partial charge is 0.437 e. The van der Waals surface area contributed by atoms with Crippen LogP contribution in [0, 0.1) is 0 Å². The summed E-state index contributed by atoms with van der Waals surface area (Å²) >= 11 is 0. The molecular formula is C16H19N3O. The standard InChI is InChI=1S/C16H19N3O/c1-17-9-14-10-18-11-16(19-14)20-15-7-6-12-4-2-3-5-13(12)8-15/h6-8,10-11,17H,2-5,9H2,1H3. The minimum Gasteiger partial charge on any atom is -0.437 e. The van der Waals surface area contributed by atoms with Crippen LogP contribution in [0.5, 0.6) is 11.6 Å². The first-order valence-corrected chi connectivity index (χ1v) is 7.10. The lowest BCUT2D eigenvalue weighted by Crippen LogP contribution is -2.07. The summed E-state index contributed by atoms with van der Waals surface area (Å²) in [4.78, 5) is 8.58. The third-order valence-corrected chi connectivity index (χ3v) is 3.56. The van der Waals surface area contributed by atoms with Crippen LogP contribution in [0.1, 0.15) is 29.7 Å². The smallest absolute Gasteiger partial charge is 0.238 e. The van der Waals surface area contributed by atoms with Crippen molar-refractivity contribution >= 4 is 0 Å². The predicted octanol–water partition coefficient (Wildman–Crippen LogP) is 2.87. The number of hydrogen-bond donors (Lipinski definition) is 1. The van der Waals surface area contributed by atoms with Gasteiger partial charge in [-0.2, -0.15) is 0 Å². The summed E-state index contributed by atoms with van der Waals surface area (Å²) in [5, 5.41) is 3.06. The van der Waals surface area contributed by atoms with Crippen LogP contribution in [-0.2, 0) is 19.4 Å². The Morgan fingerprint density at radius 1 is 1.15 bits per heavy atom. The Morgan fingerprint density at radius 2 is 2.00 bits per heavy atom. The van der Waals surface area contributed by atoms with Gasteiger partial charge in [-0.1, -0.05) is 6.07 Å². The average molecular weight is 269 g/mol. The first-order chi connectivity index (χ1) is 9.85. The van der Waals surface area contributed by atoms with Crippen molar-refractivity contribution in [3.63, 3.8) is 0 Å². The molecule has 0 saturated carbocycles. The van der Waals surface area contributed by atoms with E-state index in [-0.39, 0.29) is 0 Å². The van der Waals surface area contributed by atoms with E-state index in [0.29, 0.717) is 12.4 Å². The summed E-state index contributed by atoms with van der Waals surface area (Å²) in [6, 6.07) is 6.34. The van der Waals surface area contributed by atoms with Crippen molar-refractivity contribution in [3.8, 4) is 11.6 Å². The SMILES string of the molecule is CNCc1cncc(Oc2ccc3c(c2)CCCC3)n1. The quantitative estimate of drug-likeness (QED) is 0.927. The summed E-state index contributed by atoms with van der Waals surface area (Å²) in [7, 11) is 1.89. The fourth-order valence-corrected chi connectivity index (χ4v) is 2.60. The topological polar surface area (TPSA) is 47.0 Å². The van der Waals surface area contributed by atoms with Gasteiger partial charge in [-0.25, -0.2) is 4.98 Å². The van der Waals surface area contributed by atoms with Crippen molar-refractivity contribution in [2.45, 2.75) is 32.2 Å². The van der Waals surface area contributed by atoms with Gasteiger partial charge in [-0.3, -0.25) is 4.98 Å². The lowest BCUT2D eigenvalue weighted by atomic mass is 9.92. The summed E-state index contributed by atoms with van der Waals surface area (Å²) < 4.78 is 5.83. The van der Waals surface area contributed by atoms with E-state index in [9.17, 15) is 0 Å². The van der Waals surface area contributed by atoms with Gasteiger partial charge in [0.25, 0.3) is 0 Å². The van der Waals surface area contributed by atoms with Gasteiger partial charge in [-0.15, -0.1) is 0 Å². The van der Waals surface area contributed by atoms with Gasteiger partial charge >= 0.3 is 0 Å². The summed E-state index contributed by atoms with van der Waals surface area (Å²) in [6.07, 6.45) is 8.30. The lowest BCUT2D eigenvalue weighted by molar-refractivity contribution is 0.455. The second-order valence-electron chi connectivity index (χ2n) is 5.12. The first-order valence-electron chi connectivity index (χ1n) is 7.10. The molecule has 1 N–H and O–H groups in total. The van der Waals surface area contributed by atoms with E-state index in [0.717, 1.165) is 17.9 Å². The molecule has 0 saturated heterocycles.